The van der Waals surface area contributed by atoms with Crippen LogP contribution < -0.4 is 20.1 Å². The van der Waals surface area contributed by atoms with Crippen molar-refractivity contribution in [3.8, 4) is 11.5 Å². The first kappa shape index (κ1) is 18.6. The highest BCUT2D eigenvalue weighted by atomic mass is 16.5. The van der Waals surface area contributed by atoms with Gasteiger partial charge in [-0.15, -0.1) is 0 Å². The lowest BCUT2D eigenvalue weighted by Gasteiger charge is -2.26. The minimum Gasteiger partial charge on any atom is -0.497 e. The largest absolute Gasteiger partial charge is 0.497 e. The van der Waals surface area contributed by atoms with E-state index in [0.29, 0.717) is 30.9 Å². The van der Waals surface area contributed by atoms with Gasteiger partial charge in [0.2, 0.25) is 0 Å². The van der Waals surface area contributed by atoms with E-state index in [4.69, 9.17) is 14.2 Å². The van der Waals surface area contributed by atoms with Crippen LogP contribution in [0.5, 0.6) is 11.5 Å². The van der Waals surface area contributed by atoms with E-state index in [1.54, 1.807) is 38.3 Å². The first-order valence-corrected chi connectivity index (χ1v) is 8.73. The molecule has 27 heavy (non-hydrogen) atoms. The SMILES string of the molecule is CCOC(=O)c1cccc(NC(=O)N[C@@H]2COc3ccc(OC)cc3C2)c1. The number of carbonyl (C=O) groups is 2. The predicted octanol–water partition coefficient (Wildman–Crippen LogP) is 3.00. The number of benzene rings is 2. The van der Waals surface area contributed by atoms with Gasteiger partial charge in [-0.1, -0.05) is 6.07 Å². The number of rotatable bonds is 5. The lowest BCUT2D eigenvalue weighted by atomic mass is 10.0. The smallest absolute Gasteiger partial charge is 0.338 e. The van der Waals surface area contributed by atoms with Gasteiger partial charge in [-0.3, -0.25) is 0 Å². The standard InChI is InChI=1S/C20H22N2O5/c1-3-26-19(23)13-5-4-6-15(9-13)21-20(24)22-16-10-14-11-17(25-2)7-8-18(14)27-12-16/h4-9,11,16H,3,10,12H2,1-2H3,(H2,21,22,24)/t16-/m0/s1. The number of hydrogen-bond acceptors (Lipinski definition) is 5. The number of ether oxygens (including phenoxy) is 3. The number of hydrogen-bond donors (Lipinski definition) is 2. The summed E-state index contributed by atoms with van der Waals surface area (Å²) in [7, 11) is 1.61. The van der Waals surface area contributed by atoms with E-state index in [0.717, 1.165) is 17.1 Å². The van der Waals surface area contributed by atoms with Crippen LogP contribution in [0.15, 0.2) is 42.5 Å². The zero-order chi connectivity index (χ0) is 19.2. The zero-order valence-corrected chi connectivity index (χ0v) is 15.3. The molecule has 7 nitrogen and oxygen atoms in total. The second-order valence-electron chi connectivity index (χ2n) is 6.09. The first-order valence-electron chi connectivity index (χ1n) is 8.73. The molecule has 142 valence electrons. The van der Waals surface area contributed by atoms with Crippen molar-refractivity contribution in [1.82, 2.24) is 5.32 Å². The van der Waals surface area contributed by atoms with Gasteiger partial charge in [0, 0.05) is 5.69 Å². The number of carbonyl (C=O) groups excluding carboxylic acids is 2. The third kappa shape index (κ3) is 4.69. The molecule has 2 aromatic carbocycles. The van der Waals surface area contributed by atoms with Crippen LogP contribution >= 0.6 is 0 Å². The van der Waals surface area contributed by atoms with Gasteiger partial charge >= 0.3 is 12.0 Å². The predicted molar refractivity (Wildman–Crippen MR) is 101 cm³/mol. The van der Waals surface area contributed by atoms with E-state index in [9.17, 15) is 9.59 Å². The quantitative estimate of drug-likeness (QED) is 0.790. The number of nitrogens with one attached hydrogen (secondary N) is 2. The Morgan fingerprint density at radius 2 is 2.07 bits per heavy atom. The van der Waals surface area contributed by atoms with Crippen molar-refractivity contribution in [1.29, 1.82) is 0 Å². The second kappa shape index (κ2) is 8.44. The molecule has 0 saturated heterocycles. The molecule has 0 unspecified atom stereocenters. The van der Waals surface area contributed by atoms with Gasteiger partial charge in [-0.25, -0.2) is 9.59 Å². The number of methoxy groups -OCH3 is 1. The Morgan fingerprint density at radius 3 is 2.85 bits per heavy atom. The average Bonchev–Trinajstić information content (AvgIpc) is 2.67. The average molecular weight is 370 g/mol. The zero-order valence-electron chi connectivity index (χ0n) is 15.3. The Balaban J connectivity index is 1.60. The molecular weight excluding hydrogens is 348 g/mol. The van der Waals surface area contributed by atoms with Crippen molar-refractivity contribution in [2.75, 3.05) is 25.6 Å². The molecule has 0 saturated carbocycles. The molecule has 0 bridgehead atoms. The summed E-state index contributed by atoms with van der Waals surface area (Å²) in [6.45, 7) is 2.42. The molecule has 2 aromatic rings. The number of urea groups is 1. The molecule has 0 radical (unpaired) electrons. The Hall–Kier alpha value is -3.22. The van der Waals surface area contributed by atoms with E-state index < -0.39 is 5.97 Å². The minimum atomic E-state index is -0.423. The van der Waals surface area contributed by atoms with Gasteiger partial charge in [0.1, 0.15) is 18.1 Å². The highest BCUT2D eigenvalue weighted by Gasteiger charge is 2.22. The van der Waals surface area contributed by atoms with Crippen molar-refractivity contribution in [3.63, 3.8) is 0 Å². The molecule has 1 aliphatic rings. The van der Waals surface area contributed by atoms with Crippen LogP contribution in [-0.4, -0.2) is 38.4 Å². The molecule has 0 spiro atoms. The van der Waals surface area contributed by atoms with Crippen LogP contribution in [-0.2, 0) is 11.2 Å². The highest BCUT2D eigenvalue weighted by molar-refractivity contribution is 5.94. The lowest BCUT2D eigenvalue weighted by molar-refractivity contribution is 0.0526. The van der Waals surface area contributed by atoms with E-state index in [-0.39, 0.29) is 12.1 Å². The van der Waals surface area contributed by atoms with Crippen LogP contribution in [0.1, 0.15) is 22.8 Å². The lowest BCUT2D eigenvalue weighted by Crippen LogP contribution is -2.44. The highest BCUT2D eigenvalue weighted by Crippen LogP contribution is 2.28. The maximum absolute atomic E-state index is 12.3. The number of esters is 1. The van der Waals surface area contributed by atoms with Crippen LogP contribution in [0.25, 0.3) is 0 Å². The Labute approximate surface area is 157 Å². The summed E-state index contributed by atoms with van der Waals surface area (Å²) in [5.74, 6) is 1.13. The van der Waals surface area contributed by atoms with E-state index >= 15 is 0 Å². The summed E-state index contributed by atoms with van der Waals surface area (Å²) in [6.07, 6.45) is 0.642. The van der Waals surface area contributed by atoms with Crippen molar-refractivity contribution in [3.05, 3.63) is 53.6 Å². The molecule has 0 aliphatic carbocycles. The van der Waals surface area contributed by atoms with Gasteiger partial charge in [0.05, 0.1) is 25.3 Å². The Morgan fingerprint density at radius 1 is 1.22 bits per heavy atom. The molecule has 3 rings (SSSR count). The van der Waals surface area contributed by atoms with Crippen molar-refractivity contribution in [2.24, 2.45) is 0 Å². The number of anilines is 1. The molecule has 2 N–H and O–H groups in total. The Bertz CT molecular complexity index is 837. The summed E-state index contributed by atoms with van der Waals surface area (Å²) in [4.78, 5) is 24.1. The number of fused-ring (bicyclic) bond motifs is 1. The minimum absolute atomic E-state index is 0.169. The fraction of sp³-hybridized carbons (Fsp3) is 0.300. The topological polar surface area (TPSA) is 85.9 Å². The third-order valence-corrected chi connectivity index (χ3v) is 4.14. The van der Waals surface area contributed by atoms with Gasteiger partial charge in [0.15, 0.2) is 0 Å². The first-order chi connectivity index (χ1) is 13.1. The molecule has 0 fully saturated rings. The maximum Gasteiger partial charge on any atom is 0.338 e. The van der Waals surface area contributed by atoms with Crippen LogP contribution in [0.2, 0.25) is 0 Å². The summed E-state index contributed by atoms with van der Waals surface area (Å²) < 4.78 is 15.9. The summed E-state index contributed by atoms with van der Waals surface area (Å²) in [6, 6.07) is 11.7. The fourth-order valence-electron chi connectivity index (χ4n) is 2.88. The number of amides is 2. The molecule has 1 heterocycles. The van der Waals surface area contributed by atoms with Gasteiger partial charge < -0.3 is 24.8 Å². The third-order valence-electron chi connectivity index (χ3n) is 4.14. The maximum atomic E-state index is 12.3. The Kier molecular flexibility index (Phi) is 5.80. The van der Waals surface area contributed by atoms with E-state index in [1.807, 2.05) is 18.2 Å². The van der Waals surface area contributed by atoms with Gasteiger partial charge in [0.25, 0.3) is 0 Å². The fourth-order valence-corrected chi connectivity index (χ4v) is 2.88. The molecule has 7 heteroatoms. The molecule has 2 amide bonds. The van der Waals surface area contributed by atoms with Gasteiger partial charge in [-0.05, 0) is 55.3 Å². The summed E-state index contributed by atoms with van der Waals surface area (Å²) >= 11 is 0. The summed E-state index contributed by atoms with van der Waals surface area (Å²) in [5.41, 5.74) is 1.88. The second-order valence-corrected chi connectivity index (χ2v) is 6.09. The van der Waals surface area contributed by atoms with Crippen molar-refractivity contribution < 1.29 is 23.8 Å². The summed E-state index contributed by atoms with van der Waals surface area (Å²) in [5, 5.41) is 5.62. The van der Waals surface area contributed by atoms with E-state index in [2.05, 4.69) is 10.6 Å². The molecule has 0 aromatic heterocycles. The van der Waals surface area contributed by atoms with Crippen molar-refractivity contribution in [2.45, 2.75) is 19.4 Å². The molecular formula is C20H22N2O5. The van der Waals surface area contributed by atoms with E-state index in [1.165, 1.54) is 0 Å². The normalized spacial score (nSPS) is 15.1. The monoisotopic (exact) mass is 370 g/mol. The molecule has 1 aliphatic heterocycles. The van der Waals surface area contributed by atoms with Crippen LogP contribution in [0, 0.1) is 0 Å². The van der Waals surface area contributed by atoms with Gasteiger partial charge in [-0.2, -0.15) is 0 Å². The van der Waals surface area contributed by atoms with Crippen LogP contribution in [0.3, 0.4) is 0 Å². The van der Waals surface area contributed by atoms with Crippen molar-refractivity contribution >= 4 is 17.7 Å². The van der Waals surface area contributed by atoms with Crippen LogP contribution in [0.4, 0.5) is 10.5 Å². The molecule has 1 atom stereocenters.